The third-order valence-electron chi connectivity index (χ3n) is 4.19. The number of nitro groups is 1. The summed E-state index contributed by atoms with van der Waals surface area (Å²) < 4.78 is 20.8. The molecule has 0 unspecified atom stereocenters. The summed E-state index contributed by atoms with van der Waals surface area (Å²) in [5.74, 6) is -2.99. The van der Waals surface area contributed by atoms with Crippen molar-refractivity contribution in [3.8, 4) is 0 Å². The van der Waals surface area contributed by atoms with E-state index in [1.165, 1.54) is 18.2 Å². The van der Waals surface area contributed by atoms with E-state index in [2.05, 4.69) is 0 Å². The fourth-order valence-electron chi connectivity index (χ4n) is 2.94. The van der Waals surface area contributed by atoms with Gasteiger partial charge in [-0.2, -0.15) is 0 Å². The number of nitro benzene ring substituents is 1. The number of hydrogen-bond acceptors (Lipinski definition) is 10. The van der Waals surface area contributed by atoms with Gasteiger partial charge in [0.25, 0.3) is 5.69 Å². The Morgan fingerprint density at radius 3 is 2.13 bits per heavy atom. The van der Waals surface area contributed by atoms with Crippen LogP contribution in [0.15, 0.2) is 35.9 Å². The minimum absolute atomic E-state index is 0.00319. The van der Waals surface area contributed by atoms with E-state index < -0.39 is 47.1 Å². The molecule has 0 spiro atoms. The van der Waals surface area contributed by atoms with Crippen LogP contribution in [0.2, 0.25) is 0 Å². The summed E-state index contributed by atoms with van der Waals surface area (Å²) in [6, 6.07) is 4.67. The summed E-state index contributed by atoms with van der Waals surface area (Å²) in [5, 5.41) is 10.8. The molecule has 0 amide bonds. The number of rotatable bonds is 7. The van der Waals surface area contributed by atoms with E-state index in [9.17, 15) is 29.3 Å². The highest BCUT2D eigenvalue weighted by Crippen LogP contribution is 2.28. The van der Waals surface area contributed by atoms with Gasteiger partial charge in [-0.15, -0.1) is 0 Å². The first kappa shape index (κ1) is 23.5. The van der Waals surface area contributed by atoms with Crippen molar-refractivity contribution >= 4 is 29.6 Å². The molecule has 11 heteroatoms. The fourth-order valence-corrected chi connectivity index (χ4v) is 2.94. The number of carbonyl (C=O) groups excluding carboxylic acids is 4. The SMILES string of the molecule is CCOC(=O)C1=C[C@@H](OC(C)=O)[C@@H](OC(C)=O)[C@H](OC(=O)c2ccc([N+](=O)[O-])cc2)C1. The molecule has 0 fully saturated rings. The van der Waals surface area contributed by atoms with E-state index in [4.69, 9.17) is 18.9 Å². The zero-order valence-corrected chi connectivity index (χ0v) is 17.1. The molecule has 31 heavy (non-hydrogen) atoms. The summed E-state index contributed by atoms with van der Waals surface area (Å²) in [6.45, 7) is 3.97. The van der Waals surface area contributed by atoms with Crippen LogP contribution in [-0.2, 0) is 33.3 Å². The maximum absolute atomic E-state index is 12.6. The predicted octanol–water partition coefficient (Wildman–Crippen LogP) is 1.88. The van der Waals surface area contributed by atoms with Crippen LogP contribution in [0, 0.1) is 10.1 Å². The monoisotopic (exact) mass is 435 g/mol. The van der Waals surface area contributed by atoms with E-state index in [0.29, 0.717) is 0 Å². The maximum Gasteiger partial charge on any atom is 0.338 e. The number of carbonyl (C=O) groups is 4. The van der Waals surface area contributed by atoms with Crippen molar-refractivity contribution in [2.75, 3.05) is 6.61 Å². The first-order valence-electron chi connectivity index (χ1n) is 9.30. The van der Waals surface area contributed by atoms with E-state index in [0.717, 1.165) is 26.0 Å². The maximum atomic E-state index is 12.6. The molecule has 1 aliphatic rings. The fraction of sp³-hybridized carbons (Fsp3) is 0.400. The average molecular weight is 435 g/mol. The summed E-state index contributed by atoms with van der Waals surface area (Å²) in [6.07, 6.45) is -2.44. The van der Waals surface area contributed by atoms with Crippen LogP contribution in [0.3, 0.4) is 0 Å². The lowest BCUT2D eigenvalue weighted by molar-refractivity contribution is -0.384. The van der Waals surface area contributed by atoms with Crippen LogP contribution >= 0.6 is 0 Å². The smallest absolute Gasteiger partial charge is 0.338 e. The summed E-state index contributed by atoms with van der Waals surface area (Å²) >= 11 is 0. The van der Waals surface area contributed by atoms with Gasteiger partial charge in [-0.3, -0.25) is 19.7 Å². The minimum Gasteiger partial charge on any atom is -0.463 e. The number of non-ortho nitro benzene ring substituents is 1. The molecule has 0 radical (unpaired) electrons. The summed E-state index contributed by atoms with van der Waals surface area (Å²) in [7, 11) is 0. The Kier molecular flexibility index (Phi) is 7.83. The van der Waals surface area contributed by atoms with Crippen LogP contribution in [0.1, 0.15) is 37.6 Å². The summed E-state index contributed by atoms with van der Waals surface area (Å²) in [4.78, 5) is 58.0. The average Bonchev–Trinajstić information content (AvgIpc) is 2.69. The number of ether oxygens (including phenoxy) is 4. The molecule has 1 aliphatic carbocycles. The second-order valence-electron chi connectivity index (χ2n) is 6.51. The zero-order valence-electron chi connectivity index (χ0n) is 17.1. The van der Waals surface area contributed by atoms with Gasteiger partial charge in [-0.05, 0) is 25.1 Å². The van der Waals surface area contributed by atoms with Gasteiger partial charge < -0.3 is 18.9 Å². The molecule has 0 N–H and O–H groups in total. The molecule has 2 rings (SSSR count). The van der Waals surface area contributed by atoms with Crippen molar-refractivity contribution in [3.05, 3.63) is 51.6 Å². The molecule has 0 heterocycles. The number of nitrogens with zero attached hydrogens (tertiary/aromatic N) is 1. The van der Waals surface area contributed by atoms with Crippen LogP contribution in [-0.4, -0.2) is 53.7 Å². The first-order chi connectivity index (χ1) is 14.6. The van der Waals surface area contributed by atoms with E-state index in [-0.39, 0.29) is 29.9 Å². The Morgan fingerprint density at radius 2 is 1.61 bits per heavy atom. The molecule has 11 nitrogen and oxygen atoms in total. The van der Waals surface area contributed by atoms with Gasteiger partial charge in [-0.1, -0.05) is 0 Å². The van der Waals surface area contributed by atoms with E-state index >= 15 is 0 Å². The molecule has 3 atom stereocenters. The molecular weight excluding hydrogens is 414 g/mol. The quantitative estimate of drug-likeness (QED) is 0.269. The molecular formula is C20H21NO10. The Morgan fingerprint density at radius 1 is 1.00 bits per heavy atom. The van der Waals surface area contributed by atoms with Crippen LogP contribution in [0.4, 0.5) is 5.69 Å². The number of esters is 4. The molecule has 0 aromatic heterocycles. The Labute approximate surface area is 177 Å². The number of benzene rings is 1. The van der Waals surface area contributed by atoms with Gasteiger partial charge in [0, 0.05) is 38.0 Å². The third kappa shape index (κ3) is 6.36. The van der Waals surface area contributed by atoms with Crippen molar-refractivity contribution in [1.29, 1.82) is 0 Å². The standard InChI is InChI=1S/C20H21NO10/c1-4-28-19(24)14-9-16(29-11(2)22)18(30-12(3)23)17(10-14)31-20(25)13-5-7-15(8-6-13)21(26)27/h5-9,16-18H,4,10H2,1-3H3/t16-,17-,18-/m1/s1. The van der Waals surface area contributed by atoms with Gasteiger partial charge in [-0.25, -0.2) is 9.59 Å². The lowest BCUT2D eigenvalue weighted by Gasteiger charge is -2.34. The predicted molar refractivity (Wildman–Crippen MR) is 103 cm³/mol. The number of hydrogen-bond donors (Lipinski definition) is 0. The highest BCUT2D eigenvalue weighted by molar-refractivity contribution is 5.91. The van der Waals surface area contributed by atoms with Crippen LogP contribution in [0.25, 0.3) is 0 Å². The van der Waals surface area contributed by atoms with Crippen molar-refractivity contribution in [3.63, 3.8) is 0 Å². The lowest BCUT2D eigenvalue weighted by atomic mass is 9.91. The van der Waals surface area contributed by atoms with E-state index in [1.54, 1.807) is 6.92 Å². The highest BCUT2D eigenvalue weighted by atomic mass is 16.6. The topological polar surface area (TPSA) is 148 Å². The van der Waals surface area contributed by atoms with Gasteiger partial charge in [0.2, 0.25) is 0 Å². The van der Waals surface area contributed by atoms with Crippen molar-refractivity contribution in [1.82, 2.24) is 0 Å². The van der Waals surface area contributed by atoms with Crippen LogP contribution < -0.4 is 0 Å². The zero-order chi connectivity index (χ0) is 23.1. The molecule has 1 aromatic rings. The molecule has 0 saturated heterocycles. The minimum atomic E-state index is -1.21. The molecule has 0 bridgehead atoms. The van der Waals surface area contributed by atoms with Gasteiger partial charge in [0.05, 0.1) is 17.1 Å². The van der Waals surface area contributed by atoms with Gasteiger partial charge >= 0.3 is 23.9 Å². The molecule has 1 aromatic carbocycles. The van der Waals surface area contributed by atoms with Gasteiger partial charge in [0.1, 0.15) is 6.10 Å². The second kappa shape index (κ2) is 10.3. The largest absolute Gasteiger partial charge is 0.463 e. The Balaban J connectivity index is 2.33. The van der Waals surface area contributed by atoms with E-state index in [1.807, 2.05) is 0 Å². The van der Waals surface area contributed by atoms with Crippen molar-refractivity contribution < 1.29 is 43.0 Å². The molecule has 0 saturated carbocycles. The molecule has 166 valence electrons. The van der Waals surface area contributed by atoms with Crippen LogP contribution in [0.5, 0.6) is 0 Å². The van der Waals surface area contributed by atoms with Crippen molar-refractivity contribution in [2.24, 2.45) is 0 Å². The molecule has 0 aliphatic heterocycles. The van der Waals surface area contributed by atoms with Gasteiger partial charge in [0.15, 0.2) is 12.2 Å². The summed E-state index contributed by atoms with van der Waals surface area (Å²) in [5.41, 5.74) is -0.129. The lowest BCUT2D eigenvalue weighted by Crippen LogP contribution is -2.48. The first-order valence-corrected chi connectivity index (χ1v) is 9.30. The highest BCUT2D eigenvalue weighted by Gasteiger charge is 2.42. The Hall–Kier alpha value is -3.76. The Bertz CT molecular complexity index is 905. The third-order valence-corrected chi connectivity index (χ3v) is 4.19. The normalized spacial score (nSPS) is 20.1. The second-order valence-corrected chi connectivity index (χ2v) is 6.51. The van der Waals surface area contributed by atoms with Crippen molar-refractivity contribution in [2.45, 2.75) is 45.5 Å².